The summed E-state index contributed by atoms with van der Waals surface area (Å²) in [6.07, 6.45) is 0.764. The van der Waals surface area contributed by atoms with E-state index in [9.17, 15) is 29.4 Å². The summed E-state index contributed by atoms with van der Waals surface area (Å²) in [5, 5.41) is 32.5. The zero-order chi connectivity index (χ0) is 40.6. The molecule has 3 aliphatic heterocycles. The first-order valence-corrected chi connectivity index (χ1v) is 20.9. The van der Waals surface area contributed by atoms with Crippen molar-refractivity contribution in [2.24, 2.45) is 28.2 Å². The first-order valence-electron chi connectivity index (χ1n) is 19.9. The number of methoxy groups -OCH3 is 1. The van der Waals surface area contributed by atoms with Gasteiger partial charge in [-0.1, -0.05) is 60.6 Å². The number of thioether (sulfide) groups is 1. The molecule has 2 bridgehead atoms. The summed E-state index contributed by atoms with van der Waals surface area (Å²) in [7, 11) is 1.57. The van der Waals surface area contributed by atoms with Gasteiger partial charge >= 0.3 is 5.97 Å². The first kappa shape index (κ1) is 44.5. The van der Waals surface area contributed by atoms with E-state index in [1.807, 2.05) is 53.7 Å². The molecule has 1 unspecified atom stereocenters. The Morgan fingerprint density at radius 3 is 2.31 bits per heavy atom. The van der Waals surface area contributed by atoms with Gasteiger partial charge in [0.25, 0.3) is 0 Å². The van der Waals surface area contributed by atoms with Crippen molar-refractivity contribution in [3.05, 3.63) is 29.8 Å². The maximum absolute atomic E-state index is 13.9. The third-order valence-electron chi connectivity index (χ3n) is 11.1. The third kappa shape index (κ3) is 12.4. The molecule has 55 heavy (non-hydrogen) atoms. The molecule has 0 saturated carbocycles. The smallest absolute Gasteiger partial charge is 0.323 e. The van der Waals surface area contributed by atoms with Crippen molar-refractivity contribution >= 4 is 40.5 Å². The molecule has 0 spiro atoms. The quantitative estimate of drug-likeness (QED) is 0.282. The number of amides is 3. The second-order valence-electron chi connectivity index (χ2n) is 17.2. The summed E-state index contributed by atoms with van der Waals surface area (Å²) in [5.74, 6) is -0.779. The standard InChI is InChI=1S/C41H65N5O8S/c1-23(2)35-39(51)46-18-10-11-31(46)40(52)54-33(41(6,7)8)20-24(3)19-32(47)25(4)38-43-28(22-55-38)14-17-34(48)44-30(37(50)42-26(5)36(49)45-35)21-27-12-15-29(53-9)16-13-27/h12-13,15-16,23-26,28,30-33,35,39,47,51H,10-11,14,17-22H2,1-9H3,(H,42,50)(H,44,48)(H,45,49)/t24-,25-,26-,28+,30-,31-,32-,33-,35-,39?/m0/s1. The normalized spacial score (nSPS) is 33.0. The van der Waals surface area contributed by atoms with Gasteiger partial charge < -0.3 is 35.6 Å². The monoisotopic (exact) mass is 787 g/mol. The van der Waals surface area contributed by atoms with Gasteiger partial charge in [-0.15, -0.1) is 11.8 Å². The van der Waals surface area contributed by atoms with E-state index in [1.54, 1.807) is 42.8 Å². The van der Waals surface area contributed by atoms with Gasteiger partial charge in [0.2, 0.25) is 17.7 Å². The number of rotatable bonds is 4. The Morgan fingerprint density at radius 1 is 0.982 bits per heavy atom. The van der Waals surface area contributed by atoms with E-state index in [4.69, 9.17) is 14.5 Å². The number of esters is 1. The SMILES string of the molecule is COc1ccc(C[C@@H]2NC(=O)CC[C@@H]3CSC(=N3)[C@@H](C)[C@@H](O)C[C@H](C)C[C@@H](C(C)(C)C)OC(=O)[C@@H]3CCCN3C(O)[C@H](C(C)C)NC(=O)[C@H](C)NC2=O)cc1. The van der Waals surface area contributed by atoms with Crippen LogP contribution in [0, 0.1) is 23.2 Å². The van der Waals surface area contributed by atoms with Gasteiger partial charge in [0, 0.05) is 31.1 Å². The summed E-state index contributed by atoms with van der Waals surface area (Å²) in [5.41, 5.74) is 0.418. The Hall–Kier alpha value is -3.20. The number of nitrogens with one attached hydrogen (secondary N) is 3. The van der Waals surface area contributed by atoms with Crippen molar-refractivity contribution in [1.29, 1.82) is 0 Å². The molecule has 5 N–H and O–H groups in total. The number of carbonyl (C=O) groups excluding carboxylic acids is 4. The Morgan fingerprint density at radius 2 is 1.67 bits per heavy atom. The van der Waals surface area contributed by atoms with E-state index >= 15 is 0 Å². The molecule has 3 heterocycles. The highest BCUT2D eigenvalue weighted by Gasteiger charge is 2.43. The van der Waals surface area contributed by atoms with Gasteiger partial charge in [-0.2, -0.15) is 0 Å². The molecule has 308 valence electrons. The third-order valence-corrected chi connectivity index (χ3v) is 12.5. The Kier molecular flexibility index (Phi) is 16.0. The van der Waals surface area contributed by atoms with Crippen LogP contribution in [0.3, 0.4) is 0 Å². The number of benzene rings is 1. The predicted molar refractivity (Wildman–Crippen MR) is 215 cm³/mol. The number of aliphatic hydroxyl groups is 2. The lowest BCUT2D eigenvalue weighted by Gasteiger charge is -2.38. The number of cyclic esters (lactones) is 1. The first-order chi connectivity index (χ1) is 25.9. The van der Waals surface area contributed by atoms with Crippen LogP contribution in [0.2, 0.25) is 0 Å². The summed E-state index contributed by atoms with van der Waals surface area (Å²) in [6, 6.07) is 3.68. The molecule has 0 radical (unpaired) electrons. The molecule has 1 aromatic carbocycles. The average molecular weight is 788 g/mol. The minimum absolute atomic E-state index is 0.0328. The molecule has 10 atom stereocenters. The number of aliphatic imine (C=N–C) groups is 1. The van der Waals surface area contributed by atoms with Gasteiger partial charge in [0.1, 0.15) is 36.2 Å². The molecule has 4 rings (SSSR count). The molecular weight excluding hydrogens is 723 g/mol. The van der Waals surface area contributed by atoms with Crippen LogP contribution in [-0.2, 0) is 30.3 Å². The Bertz CT molecular complexity index is 1500. The fourth-order valence-corrected chi connectivity index (χ4v) is 8.71. The minimum Gasteiger partial charge on any atom is -0.497 e. The topological polar surface area (TPSA) is 179 Å². The number of hydrogen-bond acceptors (Lipinski definition) is 11. The van der Waals surface area contributed by atoms with Crippen molar-refractivity contribution in [2.75, 3.05) is 19.4 Å². The van der Waals surface area contributed by atoms with Crippen LogP contribution in [0.5, 0.6) is 5.75 Å². The summed E-state index contributed by atoms with van der Waals surface area (Å²) in [6.45, 7) is 15.9. The molecular formula is C41H65N5O8S. The van der Waals surface area contributed by atoms with Gasteiger partial charge in [0.15, 0.2) is 0 Å². The zero-order valence-electron chi connectivity index (χ0n) is 34.2. The number of hydrogen-bond donors (Lipinski definition) is 5. The van der Waals surface area contributed by atoms with Crippen LogP contribution < -0.4 is 20.7 Å². The molecule has 0 aromatic heterocycles. The number of nitrogens with zero attached hydrogens (tertiary/aromatic N) is 2. The molecule has 1 aromatic rings. The second kappa shape index (κ2) is 19.8. The Labute approximate surface area is 331 Å². The Balaban J connectivity index is 1.61. The second-order valence-corrected chi connectivity index (χ2v) is 18.2. The minimum atomic E-state index is -1.19. The van der Waals surface area contributed by atoms with E-state index in [0.717, 1.165) is 10.6 Å². The zero-order valence-corrected chi connectivity index (χ0v) is 35.0. The van der Waals surface area contributed by atoms with Gasteiger partial charge in [-0.3, -0.25) is 29.1 Å². The number of aliphatic hydroxyl groups excluding tert-OH is 2. The molecule has 1 saturated heterocycles. The summed E-state index contributed by atoms with van der Waals surface area (Å²) >= 11 is 1.60. The van der Waals surface area contributed by atoms with Crippen molar-refractivity contribution in [1.82, 2.24) is 20.9 Å². The molecule has 3 aliphatic rings. The predicted octanol–water partition coefficient (Wildman–Crippen LogP) is 3.83. The van der Waals surface area contributed by atoms with Crippen molar-refractivity contribution in [2.45, 2.75) is 149 Å². The van der Waals surface area contributed by atoms with Crippen LogP contribution in [0.1, 0.15) is 99.5 Å². The lowest BCUT2D eigenvalue weighted by Crippen LogP contribution is -2.60. The largest absolute Gasteiger partial charge is 0.497 e. The fraction of sp³-hybridized carbons (Fsp3) is 0.732. The number of carbonyl (C=O) groups is 4. The van der Waals surface area contributed by atoms with Crippen molar-refractivity contribution in [3.63, 3.8) is 0 Å². The maximum atomic E-state index is 13.9. The summed E-state index contributed by atoms with van der Waals surface area (Å²) in [4.78, 5) is 61.2. The van der Waals surface area contributed by atoms with E-state index in [0.29, 0.717) is 50.2 Å². The molecule has 3 amide bonds. The lowest BCUT2D eigenvalue weighted by atomic mass is 9.81. The van der Waals surface area contributed by atoms with E-state index < -0.39 is 60.4 Å². The average Bonchev–Trinajstić information content (AvgIpc) is 3.82. The highest BCUT2D eigenvalue weighted by Crippen LogP contribution is 2.34. The van der Waals surface area contributed by atoms with Crippen molar-refractivity contribution in [3.8, 4) is 5.75 Å². The van der Waals surface area contributed by atoms with E-state index in [-0.39, 0.29) is 48.0 Å². The highest BCUT2D eigenvalue weighted by atomic mass is 32.2. The van der Waals surface area contributed by atoms with E-state index in [1.165, 1.54) is 0 Å². The van der Waals surface area contributed by atoms with Crippen molar-refractivity contribution < 1.29 is 38.9 Å². The fourth-order valence-electron chi connectivity index (χ4n) is 7.46. The van der Waals surface area contributed by atoms with Crippen LogP contribution >= 0.6 is 11.8 Å². The van der Waals surface area contributed by atoms with Crippen LogP contribution in [0.25, 0.3) is 0 Å². The van der Waals surface area contributed by atoms with Gasteiger partial charge in [-0.25, -0.2) is 0 Å². The van der Waals surface area contributed by atoms with Crippen LogP contribution in [0.15, 0.2) is 29.3 Å². The molecule has 13 nitrogen and oxygen atoms in total. The van der Waals surface area contributed by atoms with Gasteiger partial charge in [-0.05, 0) is 74.0 Å². The summed E-state index contributed by atoms with van der Waals surface area (Å²) < 4.78 is 11.5. The van der Waals surface area contributed by atoms with Crippen LogP contribution in [0.4, 0.5) is 0 Å². The lowest BCUT2D eigenvalue weighted by molar-refractivity contribution is -0.166. The maximum Gasteiger partial charge on any atom is 0.323 e. The number of ether oxygens (including phenoxy) is 2. The van der Waals surface area contributed by atoms with Crippen LogP contribution in [-0.4, -0.2) is 112 Å². The molecule has 1 fully saturated rings. The van der Waals surface area contributed by atoms with E-state index in [2.05, 4.69) is 22.9 Å². The molecule has 14 heteroatoms. The molecule has 0 aliphatic carbocycles. The number of fused-ring (bicyclic) bond motifs is 2. The highest BCUT2D eigenvalue weighted by molar-refractivity contribution is 8.14. The van der Waals surface area contributed by atoms with Gasteiger partial charge in [0.05, 0.1) is 30.3 Å².